The fourth-order valence-corrected chi connectivity index (χ4v) is 3.16. The molecule has 0 aliphatic carbocycles. The van der Waals surface area contributed by atoms with Crippen LogP contribution in [-0.2, 0) is 14.3 Å². The van der Waals surface area contributed by atoms with Gasteiger partial charge in [0.05, 0.1) is 29.8 Å². The molecule has 140 valence electrons. The summed E-state index contributed by atoms with van der Waals surface area (Å²) >= 11 is 4.32. The van der Waals surface area contributed by atoms with Crippen LogP contribution in [0.4, 0.5) is 0 Å². The van der Waals surface area contributed by atoms with Crippen LogP contribution in [0.15, 0.2) is 37.8 Å². The molecule has 1 aliphatic heterocycles. The lowest BCUT2D eigenvalue weighted by atomic mass is 10.2. The summed E-state index contributed by atoms with van der Waals surface area (Å²) in [6, 6.07) is 5.25. The number of thioether (sulfide) groups is 1. The number of benzene rings is 1. The number of amides is 1. The molecule has 1 aromatic carbocycles. The monoisotopic (exact) mass is 452 g/mol. The third kappa shape index (κ3) is 5.57. The number of halogens is 1. The Labute approximate surface area is 167 Å². The first-order valence-electron chi connectivity index (χ1n) is 7.25. The number of nitrogens with one attached hydrogen (secondary N) is 1. The van der Waals surface area contributed by atoms with E-state index in [9.17, 15) is 9.59 Å². The second kappa shape index (κ2) is 9.75. The molecule has 0 saturated carbocycles. The lowest BCUT2D eigenvalue weighted by Gasteiger charge is -2.11. The van der Waals surface area contributed by atoms with E-state index in [1.165, 1.54) is 20.4 Å². The van der Waals surface area contributed by atoms with E-state index in [1.807, 2.05) is 6.07 Å². The first-order chi connectivity index (χ1) is 13.0. The van der Waals surface area contributed by atoms with Crippen molar-refractivity contribution in [1.82, 2.24) is 5.32 Å². The van der Waals surface area contributed by atoms with Crippen LogP contribution in [0.25, 0.3) is 0 Å². The Bertz CT molecular complexity index is 892. The molecule has 1 saturated heterocycles. The maximum Gasteiger partial charge on any atom is 0.331 e. The number of hydrogen-bond donors (Lipinski definition) is 1. The zero-order valence-corrected chi connectivity index (χ0v) is 16.6. The minimum absolute atomic E-state index is 0.117. The molecule has 0 atom stereocenters. The van der Waals surface area contributed by atoms with Crippen LogP contribution >= 0.6 is 27.7 Å². The lowest BCUT2D eigenvalue weighted by Crippen LogP contribution is -2.19. The number of amidine groups is 1. The van der Waals surface area contributed by atoms with E-state index >= 15 is 0 Å². The molecule has 0 bridgehead atoms. The van der Waals surface area contributed by atoms with Crippen LogP contribution in [0.5, 0.6) is 11.5 Å². The van der Waals surface area contributed by atoms with Crippen LogP contribution in [-0.4, -0.2) is 44.1 Å². The van der Waals surface area contributed by atoms with Crippen molar-refractivity contribution >= 4 is 51.0 Å². The Morgan fingerprint density at radius 1 is 1.44 bits per heavy atom. The molecule has 0 unspecified atom stereocenters. The van der Waals surface area contributed by atoms with Crippen molar-refractivity contribution in [2.75, 3.05) is 20.8 Å². The van der Waals surface area contributed by atoms with E-state index in [2.05, 4.69) is 36.2 Å². The Balaban J connectivity index is 2.14. The zero-order valence-electron chi connectivity index (χ0n) is 14.2. The quantitative estimate of drug-likeness (QED) is 0.302. The molecule has 27 heavy (non-hydrogen) atoms. The summed E-state index contributed by atoms with van der Waals surface area (Å²) in [5.74, 6) is -0.268. The maximum atomic E-state index is 11.7. The Kier molecular flexibility index (Phi) is 7.39. The first kappa shape index (κ1) is 20.5. The number of nitriles is 1. The average molecular weight is 453 g/mol. The number of carbonyl (C=O) groups is 2. The summed E-state index contributed by atoms with van der Waals surface area (Å²) in [4.78, 5) is 23.1. The molecular formula is C16H13BrN4O5S. The Morgan fingerprint density at radius 2 is 2.22 bits per heavy atom. The summed E-state index contributed by atoms with van der Waals surface area (Å²) in [5, 5.41) is 19.2. The van der Waals surface area contributed by atoms with E-state index in [0.29, 0.717) is 21.5 Å². The molecule has 2 rings (SSSR count). The molecule has 0 radical (unpaired) electrons. The maximum absolute atomic E-state index is 11.7. The SMILES string of the molecule is COC(=O)/C=C1/S/C(=N\N=Cc2cc(Br)c(OCC#N)c(OC)c2)NC1=O. The molecule has 1 aliphatic rings. The highest BCUT2D eigenvalue weighted by Gasteiger charge is 2.25. The van der Waals surface area contributed by atoms with Gasteiger partial charge in [-0.3, -0.25) is 10.1 Å². The van der Waals surface area contributed by atoms with Gasteiger partial charge in [0.25, 0.3) is 5.91 Å². The van der Waals surface area contributed by atoms with Gasteiger partial charge in [0.2, 0.25) is 0 Å². The highest BCUT2D eigenvalue weighted by atomic mass is 79.9. The summed E-state index contributed by atoms with van der Waals surface area (Å²) in [7, 11) is 2.70. The summed E-state index contributed by atoms with van der Waals surface area (Å²) in [5.41, 5.74) is 0.645. The number of nitrogens with zero attached hydrogens (tertiary/aromatic N) is 3. The highest BCUT2D eigenvalue weighted by Crippen LogP contribution is 2.36. The summed E-state index contributed by atoms with van der Waals surface area (Å²) in [6.07, 6.45) is 2.53. The standard InChI is InChI=1S/C16H13BrN4O5S/c1-24-11-6-9(5-10(17)14(11)26-4-3-18)8-19-21-16-20-15(23)12(27-16)7-13(22)25-2/h5-8H,4H2,1-2H3,(H,20,21,23)/b12-7+,19-8?. The first-order valence-corrected chi connectivity index (χ1v) is 8.86. The fourth-order valence-electron chi connectivity index (χ4n) is 1.85. The van der Waals surface area contributed by atoms with Crippen molar-refractivity contribution in [1.29, 1.82) is 5.26 Å². The fraction of sp³-hybridized carbons (Fsp3) is 0.188. The third-order valence-corrected chi connectivity index (χ3v) is 4.48. The second-order valence-electron chi connectivity index (χ2n) is 4.72. The molecule has 9 nitrogen and oxygen atoms in total. The van der Waals surface area contributed by atoms with Crippen LogP contribution in [0, 0.1) is 11.3 Å². The van der Waals surface area contributed by atoms with Crippen LogP contribution in [0.3, 0.4) is 0 Å². The van der Waals surface area contributed by atoms with Gasteiger partial charge in [-0.05, 0) is 45.4 Å². The number of rotatable bonds is 6. The minimum Gasteiger partial charge on any atom is -0.493 e. The Hall–Kier alpha value is -2.84. The molecular weight excluding hydrogens is 440 g/mol. The predicted octanol–water partition coefficient (Wildman–Crippen LogP) is 1.97. The second-order valence-corrected chi connectivity index (χ2v) is 6.60. The third-order valence-electron chi connectivity index (χ3n) is 2.99. The number of hydrogen-bond acceptors (Lipinski definition) is 9. The van der Waals surface area contributed by atoms with Gasteiger partial charge in [0.1, 0.15) is 6.07 Å². The number of esters is 1. The van der Waals surface area contributed by atoms with Crippen LogP contribution in [0.1, 0.15) is 5.56 Å². The number of ether oxygens (including phenoxy) is 3. The molecule has 1 aromatic rings. The Morgan fingerprint density at radius 3 is 2.89 bits per heavy atom. The molecule has 1 fully saturated rings. The van der Waals surface area contributed by atoms with E-state index in [0.717, 1.165) is 17.8 Å². The van der Waals surface area contributed by atoms with E-state index in [1.54, 1.807) is 12.1 Å². The molecule has 1 N–H and O–H groups in total. The van der Waals surface area contributed by atoms with E-state index < -0.39 is 11.9 Å². The van der Waals surface area contributed by atoms with Gasteiger partial charge in [-0.1, -0.05) is 0 Å². The molecule has 0 aromatic heterocycles. The van der Waals surface area contributed by atoms with Gasteiger partial charge >= 0.3 is 5.97 Å². The molecule has 1 heterocycles. The average Bonchev–Trinajstić information content (AvgIpc) is 2.99. The van der Waals surface area contributed by atoms with Crippen molar-refractivity contribution < 1.29 is 23.8 Å². The lowest BCUT2D eigenvalue weighted by molar-refractivity contribution is -0.135. The number of carbonyl (C=O) groups excluding carboxylic acids is 2. The van der Waals surface area contributed by atoms with E-state index in [4.69, 9.17) is 14.7 Å². The van der Waals surface area contributed by atoms with Crippen molar-refractivity contribution in [3.05, 3.63) is 33.2 Å². The molecule has 1 amide bonds. The van der Waals surface area contributed by atoms with Gasteiger partial charge in [0.15, 0.2) is 23.3 Å². The van der Waals surface area contributed by atoms with Crippen LogP contribution in [0.2, 0.25) is 0 Å². The molecule has 11 heteroatoms. The van der Waals surface area contributed by atoms with Gasteiger partial charge in [-0.2, -0.15) is 10.4 Å². The topological polar surface area (TPSA) is 122 Å². The van der Waals surface area contributed by atoms with E-state index in [-0.39, 0.29) is 16.7 Å². The predicted molar refractivity (Wildman–Crippen MR) is 103 cm³/mol. The van der Waals surface area contributed by atoms with Gasteiger partial charge in [0, 0.05) is 6.08 Å². The van der Waals surface area contributed by atoms with Crippen LogP contribution < -0.4 is 14.8 Å². The summed E-state index contributed by atoms with van der Waals surface area (Å²) < 4.78 is 15.6. The van der Waals surface area contributed by atoms with Crippen molar-refractivity contribution in [3.63, 3.8) is 0 Å². The van der Waals surface area contributed by atoms with Crippen molar-refractivity contribution in [2.24, 2.45) is 10.2 Å². The number of methoxy groups -OCH3 is 2. The minimum atomic E-state index is -0.631. The van der Waals surface area contributed by atoms with Gasteiger partial charge in [-0.15, -0.1) is 5.10 Å². The zero-order chi connectivity index (χ0) is 19.8. The largest absolute Gasteiger partial charge is 0.493 e. The van der Waals surface area contributed by atoms with Gasteiger partial charge < -0.3 is 14.2 Å². The molecule has 0 spiro atoms. The highest BCUT2D eigenvalue weighted by molar-refractivity contribution is 9.10. The van der Waals surface area contributed by atoms with Crippen molar-refractivity contribution in [2.45, 2.75) is 0 Å². The summed E-state index contributed by atoms with van der Waals surface area (Å²) in [6.45, 7) is -0.117. The van der Waals surface area contributed by atoms with Gasteiger partial charge in [-0.25, -0.2) is 4.79 Å². The van der Waals surface area contributed by atoms with Crippen molar-refractivity contribution in [3.8, 4) is 17.6 Å². The smallest absolute Gasteiger partial charge is 0.331 e. The normalized spacial score (nSPS) is 16.4.